The van der Waals surface area contributed by atoms with E-state index >= 15 is 0 Å². The Morgan fingerprint density at radius 3 is 1.27 bits per heavy atom. The summed E-state index contributed by atoms with van der Waals surface area (Å²) in [6.07, 6.45) is 6.67. The zero-order valence-corrected chi connectivity index (χ0v) is 69.7. The summed E-state index contributed by atoms with van der Waals surface area (Å²) in [6, 6.07) is 15.3. The Morgan fingerprint density at radius 2 is 0.907 bits per heavy atom. The third-order valence-electron chi connectivity index (χ3n) is 15.5. The fraction of sp³-hybridized carbons (Fsp3) is 0.624. The number of allylic oxidation sites excluding steroid dienone is 4. The predicted octanol–water partition coefficient (Wildman–Crippen LogP) is 17.8. The summed E-state index contributed by atoms with van der Waals surface area (Å²) in [5, 5.41) is 0. The number of aryl methyl sites for hydroxylation is 1. The van der Waals surface area contributed by atoms with E-state index in [1.54, 1.807) is 19.4 Å². The molecule has 5 heterocycles. The number of fused-ring (bicyclic) bond motifs is 1. The zero-order chi connectivity index (χ0) is 82.5. The van der Waals surface area contributed by atoms with Crippen molar-refractivity contribution in [2.24, 2.45) is 93.9 Å². The smallest absolute Gasteiger partial charge is 0.464 e. The van der Waals surface area contributed by atoms with Gasteiger partial charge in [-0.1, -0.05) is 222 Å². The van der Waals surface area contributed by atoms with E-state index in [1.807, 2.05) is 145 Å². The summed E-state index contributed by atoms with van der Waals surface area (Å²) in [4.78, 5) is 66.4. The molecule has 0 fully saturated rings. The van der Waals surface area contributed by atoms with Crippen LogP contribution in [0.2, 0.25) is 0 Å². The molecule has 108 heavy (non-hydrogen) atoms. The molecule has 0 spiro atoms. The fourth-order valence-corrected chi connectivity index (χ4v) is 8.37. The van der Waals surface area contributed by atoms with E-state index < -0.39 is 30.0 Å². The Kier molecular flexibility index (Phi) is 54.1. The molecule has 616 valence electrons. The van der Waals surface area contributed by atoms with Crippen molar-refractivity contribution in [1.29, 1.82) is 0 Å². The van der Waals surface area contributed by atoms with Crippen molar-refractivity contribution >= 4 is 29.8 Å². The number of rotatable bonds is 26. The van der Waals surface area contributed by atoms with Crippen LogP contribution in [0.4, 0.5) is 0 Å². The molecule has 0 saturated carbocycles. The second-order valence-corrected chi connectivity index (χ2v) is 30.3. The topological polar surface area (TPSA) is 334 Å². The molecular weight excluding hydrogens is 1380 g/mol. The molecule has 7 atom stereocenters. The SMILES string of the molecule is C.C=C1OC(C)=C(C(C)C(C)C)O1.C=C1OC=C(C(C)C(C)C)O1.C=C1OC=C(CC(C)C)O1.CC(C)C1OC(=O)c2ccccc21.CC(C)COC(=O)[C@@H](N)C(C)C.CC(C)COC(=O)[C@@H](N)Cc1ccccc1.CC[C@H](N)C(=O)OCC(C)C.CC[C@H](N)C(=O)OCC(C)C.Cc1oc(=O)oc1CC(C)C. The first-order chi connectivity index (χ1) is 49.8. The maximum atomic E-state index is 11.5. The van der Waals surface area contributed by atoms with Crippen LogP contribution < -0.4 is 28.8 Å². The molecule has 3 aromatic rings. The third kappa shape index (κ3) is 46.3. The van der Waals surface area contributed by atoms with Crippen LogP contribution in [-0.4, -0.2) is 80.4 Å². The Balaban J connectivity index is -0.00000115. The van der Waals surface area contributed by atoms with Gasteiger partial charge in [-0.3, -0.25) is 19.2 Å². The van der Waals surface area contributed by atoms with Crippen LogP contribution in [0.3, 0.4) is 0 Å². The van der Waals surface area contributed by atoms with Gasteiger partial charge in [-0.25, -0.2) is 9.59 Å². The van der Waals surface area contributed by atoms with Gasteiger partial charge in [0.15, 0.2) is 0 Å². The van der Waals surface area contributed by atoms with E-state index in [0.717, 1.165) is 52.6 Å². The molecule has 1 aromatic heterocycles. The van der Waals surface area contributed by atoms with Crippen LogP contribution in [0.15, 0.2) is 141 Å². The van der Waals surface area contributed by atoms with Crippen molar-refractivity contribution in [3.05, 3.63) is 167 Å². The quantitative estimate of drug-likeness (QED) is 0.0428. The standard InChI is InChI=1S/C13H19NO2.C11H12O2.C10H16O2.C9H19NO2.C9H14O2.2C8H17NO2.C8H12O3.C8H12O2.CH4/c1-10(2)9-16-13(15)12(14)8-11-6-4-3-5-7-11;1-7(2)10-8-5-3-4-6-9(8)11(12)13-10;1-6(2)7(3)10-8(4)11-9(5)12-10;1-6(2)5-12-9(11)8(10)7(3)4;1-6(2)7(3)9-5-10-8(4)11-9;2*1-4-7(9)8(10)11-5-6(2)3;1-5(2)4-7-6(3)10-8(9)11-7;1-6(2)4-8-5-9-7(3)10-8;/h3-7,10,12H,8-9,14H2,1-2H3;3-7,10H,1-2H3;6-7H,5H2,1-4H3;6-8H,5,10H2,1-4H3;5-7H,4H2,1-3H3;2*6-7H,4-5,9H2,1-3H3;5H,4H2,1-3H3;5-6H,3-4H2,1-2H3;1H4/t12-;;;8-;;2*7-;;;/m0..0.00.../s1. The van der Waals surface area contributed by atoms with Crippen LogP contribution >= 0.6 is 0 Å². The number of ether oxygens (including phenoxy) is 11. The largest absolute Gasteiger partial charge is 0.519 e. The van der Waals surface area contributed by atoms with Crippen LogP contribution in [0.5, 0.6) is 0 Å². The van der Waals surface area contributed by atoms with E-state index in [1.165, 1.54) is 0 Å². The molecule has 7 rings (SSSR count). The number of carbonyl (C=O) groups excluding carboxylic acids is 5. The molecule has 0 saturated heterocycles. The van der Waals surface area contributed by atoms with E-state index in [9.17, 15) is 28.8 Å². The highest BCUT2D eigenvalue weighted by atomic mass is 16.7. The van der Waals surface area contributed by atoms with Crippen molar-refractivity contribution in [3.63, 3.8) is 0 Å². The predicted molar refractivity (Wildman–Crippen MR) is 428 cm³/mol. The average Bonchev–Trinajstić information content (AvgIpc) is 1.65. The molecule has 23 heteroatoms. The lowest BCUT2D eigenvalue weighted by atomic mass is 9.95. The van der Waals surface area contributed by atoms with Crippen molar-refractivity contribution in [1.82, 2.24) is 0 Å². The monoisotopic (exact) mass is 1520 g/mol. The second kappa shape index (κ2) is 56.2. The molecule has 4 aliphatic rings. The number of cyclic esters (lactones) is 1. The third-order valence-corrected chi connectivity index (χ3v) is 15.5. The van der Waals surface area contributed by atoms with Gasteiger partial charge in [-0.05, 0) is 124 Å². The Bertz CT molecular complexity index is 3210. The van der Waals surface area contributed by atoms with Gasteiger partial charge in [-0.15, -0.1) is 0 Å². The summed E-state index contributed by atoms with van der Waals surface area (Å²) in [5.74, 6) is 8.93. The number of carbonyl (C=O) groups is 5. The van der Waals surface area contributed by atoms with Crippen LogP contribution in [0.1, 0.15) is 239 Å². The van der Waals surface area contributed by atoms with Crippen molar-refractivity contribution in [3.8, 4) is 0 Å². The Labute approximate surface area is 648 Å². The molecule has 23 nitrogen and oxygen atoms in total. The first-order valence-electron chi connectivity index (χ1n) is 37.6. The molecule has 8 N–H and O–H groups in total. The summed E-state index contributed by atoms with van der Waals surface area (Å²) in [6.45, 7) is 65.0. The van der Waals surface area contributed by atoms with Crippen LogP contribution in [-0.2, 0) is 84.1 Å². The minimum absolute atomic E-state index is 0. The molecule has 0 aliphatic carbocycles. The van der Waals surface area contributed by atoms with Gasteiger partial charge in [0.1, 0.15) is 77.4 Å². The summed E-state index contributed by atoms with van der Waals surface area (Å²) < 4.78 is 65.3. The summed E-state index contributed by atoms with van der Waals surface area (Å²) in [7, 11) is 0. The van der Waals surface area contributed by atoms with Gasteiger partial charge in [-0.2, -0.15) is 0 Å². The minimum Gasteiger partial charge on any atom is -0.464 e. The fourth-order valence-electron chi connectivity index (χ4n) is 8.37. The summed E-state index contributed by atoms with van der Waals surface area (Å²) >= 11 is 0. The van der Waals surface area contributed by atoms with Gasteiger partial charge in [0.2, 0.25) is 0 Å². The van der Waals surface area contributed by atoms with Gasteiger partial charge < -0.3 is 83.9 Å². The van der Waals surface area contributed by atoms with Gasteiger partial charge in [0, 0.05) is 30.2 Å². The second-order valence-electron chi connectivity index (χ2n) is 30.3. The number of hydrogen-bond acceptors (Lipinski definition) is 23. The van der Waals surface area contributed by atoms with Crippen LogP contribution in [0.25, 0.3) is 0 Å². The Hall–Kier alpha value is -8.12. The maximum absolute atomic E-state index is 11.5. The maximum Gasteiger partial charge on any atom is 0.519 e. The Morgan fingerprint density at radius 1 is 0.472 bits per heavy atom. The van der Waals surface area contributed by atoms with Crippen molar-refractivity contribution in [2.45, 2.75) is 250 Å². The molecule has 0 radical (unpaired) electrons. The number of hydrogen-bond donors (Lipinski definition) is 4. The molecule has 0 amide bonds. The lowest BCUT2D eigenvalue weighted by Gasteiger charge is -2.15. The number of benzene rings is 2. The highest BCUT2D eigenvalue weighted by Crippen LogP contribution is 2.36. The highest BCUT2D eigenvalue weighted by molar-refractivity contribution is 5.94. The summed E-state index contributed by atoms with van der Waals surface area (Å²) in [5.41, 5.74) is 25.0. The van der Waals surface area contributed by atoms with Crippen molar-refractivity contribution < 1.29 is 84.9 Å². The molecule has 4 aliphatic heterocycles. The molecule has 0 bridgehead atoms. The molecule has 3 unspecified atom stereocenters. The normalized spacial score (nSPS) is 15.3. The minimum atomic E-state index is -0.599. The van der Waals surface area contributed by atoms with Crippen LogP contribution in [0, 0.1) is 77.9 Å². The lowest BCUT2D eigenvalue weighted by molar-refractivity contribution is -0.148. The first-order valence-corrected chi connectivity index (χ1v) is 37.6. The van der Waals surface area contributed by atoms with Gasteiger partial charge in [0.25, 0.3) is 17.8 Å². The first kappa shape index (κ1) is 104. The van der Waals surface area contributed by atoms with E-state index in [4.69, 9.17) is 83.9 Å². The van der Waals surface area contributed by atoms with E-state index in [2.05, 4.69) is 103 Å². The number of esters is 5. The van der Waals surface area contributed by atoms with E-state index in [0.29, 0.717) is 140 Å². The lowest BCUT2D eigenvalue weighted by Crippen LogP contribution is -2.37. The average molecular weight is 1520 g/mol. The number of nitrogens with two attached hydrogens (primary N) is 4. The van der Waals surface area contributed by atoms with Gasteiger partial charge in [0.05, 0.1) is 32.0 Å². The molecule has 2 aromatic carbocycles. The molecular formula is C85H142N4O19. The van der Waals surface area contributed by atoms with Crippen molar-refractivity contribution in [2.75, 3.05) is 26.4 Å². The zero-order valence-electron chi connectivity index (χ0n) is 69.7. The van der Waals surface area contributed by atoms with Gasteiger partial charge >= 0.3 is 35.7 Å². The highest BCUT2D eigenvalue weighted by Gasteiger charge is 2.32. The van der Waals surface area contributed by atoms with E-state index in [-0.39, 0.29) is 49.3 Å².